The van der Waals surface area contributed by atoms with Crippen molar-refractivity contribution in [1.82, 2.24) is 0 Å². The molecule has 0 heterocycles. The average molecular weight is 181 g/mol. The molecule has 0 saturated carbocycles. The molecule has 0 aromatic carbocycles. The van der Waals surface area contributed by atoms with E-state index in [1.807, 2.05) is 6.92 Å². The van der Waals surface area contributed by atoms with Gasteiger partial charge in [-0.15, -0.1) is 0 Å². The van der Waals surface area contributed by atoms with Gasteiger partial charge in [0.15, 0.2) is 0 Å². The average Bonchev–Trinajstić information content (AvgIpc) is 2.04. The van der Waals surface area contributed by atoms with Crippen LogP contribution in [0, 0.1) is 10.8 Å². The van der Waals surface area contributed by atoms with Gasteiger partial charge in [-0.1, -0.05) is 45.8 Å². The first kappa shape index (κ1) is 12.4. The molecule has 1 heteroatoms. The second-order valence-electron chi connectivity index (χ2n) is 4.34. The molecule has 0 atom stereocenters. The van der Waals surface area contributed by atoms with Crippen molar-refractivity contribution in [3.8, 4) is 0 Å². The van der Waals surface area contributed by atoms with Gasteiger partial charge in [-0.3, -0.25) is 0 Å². The second kappa shape index (κ2) is 5.21. The number of nitrogens with one attached hydrogen (secondary N) is 1. The van der Waals surface area contributed by atoms with Crippen molar-refractivity contribution in [2.75, 3.05) is 0 Å². The van der Waals surface area contributed by atoms with Gasteiger partial charge in [0.05, 0.1) is 0 Å². The van der Waals surface area contributed by atoms with Crippen LogP contribution < -0.4 is 0 Å². The lowest BCUT2D eigenvalue weighted by molar-refractivity contribution is 0.596. The summed E-state index contributed by atoms with van der Waals surface area (Å²) in [4.78, 5) is 0. The fourth-order valence-electron chi connectivity index (χ4n) is 1.12. The van der Waals surface area contributed by atoms with Crippen LogP contribution in [0.15, 0.2) is 12.2 Å². The van der Waals surface area contributed by atoms with Crippen molar-refractivity contribution in [3.05, 3.63) is 12.2 Å². The van der Waals surface area contributed by atoms with Crippen LogP contribution in [0.2, 0.25) is 0 Å². The molecular weight excluding hydrogens is 158 g/mol. The van der Waals surface area contributed by atoms with Crippen molar-refractivity contribution >= 4 is 5.71 Å². The second-order valence-corrected chi connectivity index (χ2v) is 4.34. The predicted octanol–water partition coefficient (Wildman–Crippen LogP) is 4.19. The van der Waals surface area contributed by atoms with Crippen LogP contribution in [0.5, 0.6) is 0 Å². The zero-order valence-corrected chi connectivity index (χ0v) is 9.54. The number of hydrogen-bond donors (Lipinski definition) is 1. The zero-order valence-electron chi connectivity index (χ0n) is 9.54. The van der Waals surface area contributed by atoms with Crippen molar-refractivity contribution in [2.24, 2.45) is 5.41 Å². The van der Waals surface area contributed by atoms with Crippen molar-refractivity contribution in [3.63, 3.8) is 0 Å². The summed E-state index contributed by atoms with van der Waals surface area (Å²) < 4.78 is 0. The summed E-state index contributed by atoms with van der Waals surface area (Å²) in [6, 6.07) is 0. The molecule has 0 saturated heterocycles. The quantitative estimate of drug-likeness (QED) is 0.361. The first-order valence-corrected chi connectivity index (χ1v) is 5.16. The Bertz CT molecular complexity index is 189. The lowest BCUT2D eigenvalue weighted by atomic mass is 9.79. The maximum absolute atomic E-state index is 7.94. The van der Waals surface area contributed by atoms with Gasteiger partial charge in [0.25, 0.3) is 0 Å². The van der Waals surface area contributed by atoms with Gasteiger partial charge in [-0.05, 0) is 19.8 Å². The summed E-state index contributed by atoms with van der Waals surface area (Å²) in [6.45, 7) is 12.3. The minimum atomic E-state index is -0.103. The van der Waals surface area contributed by atoms with Crippen LogP contribution >= 0.6 is 0 Å². The monoisotopic (exact) mass is 181 g/mol. The summed E-state index contributed by atoms with van der Waals surface area (Å²) in [7, 11) is 0. The van der Waals surface area contributed by atoms with Crippen LogP contribution in [0.4, 0.5) is 0 Å². The van der Waals surface area contributed by atoms with Gasteiger partial charge in [-0.2, -0.15) is 0 Å². The van der Waals surface area contributed by atoms with E-state index in [-0.39, 0.29) is 5.41 Å². The summed E-state index contributed by atoms with van der Waals surface area (Å²) in [6.07, 6.45) is 4.52. The van der Waals surface area contributed by atoms with E-state index in [0.29, 0.717) is 0 Å². The van der Waals surface area contributed by atoms with Crippen LogP contribution in [-0.4, -0.2) is 5.71 Å². The van der Waals surface area contributed by atoms with Gasteiger partial charge >= 0.3 is 0 Å². The van der Waals surface area contributed by atoms with Gasteiger partial charge < -0.3 is 5.41 Å². The number of hydrogen-bond acceptors (Lipinski definition) is 1. The molecule has 0 aliphatic carbocycles. The fourth-order valence-corrected chi connectivity index (χ4v) is 1.12. The zero-order chi connectivity index (χ0) is 10.5. The van der Waals surface area contributed by atoms with Crippen LogP contribution in [0.25, 0.3) is 0 Å². The van der Waals surface area contributed by atoms with Crippen LogP contribution in [0.1, 0.15) is 53.4 Å². The number of unbranched alkanes of at least 4 members (excludes halogenated alkanes) is 2. The highest BCUT2D eigenvalue weighted by Crippen LogP contribution is 2.27. The van der Waals surface area contributed by atoms with Crippen molar-refractivity contribution < 1.29 is 0 Å². The summed E-state index contributed by atoms with van der Waals surface area (Å²) in [5.41, 5.74) is 1.82. The minimum absolute atomic E-state index is 0.103. The Morgan fingerprint density at radius 1 is 1.31 bits per heavy atom. The Balaban J connectivity index is 4.03. The molecule has 0 fully saturated rings. The molecule has 0 aromatic rings. The van der Waals surface area contributed by atoms with Crippen molar-refractivity contribution in [1.29, 1.82) is 5.41 Å². The maximum atomic E-state index is 7.94. The lowest BCUT2D eigenvalue weighted by Gasteiger charge is -2.26. The van der Waals surface area contributed by atoms with E-state index < -0.39 is 0 Å². The summed E-state index contributed by atoms with van der Waals surface area (Å²) >= 11 is 0. The third kappa shape index (κ3) is 3.75. The molecule has 13 heavy (non-hydrogen) atoms. The molecule has 0 aliphatic rings. The predicted molar refractivity (Wildman–Crippen MR) is 60.5 cm³/mol. The maximum Gasteiger partial charge on any atom is 0.0226 e. The molecule has 1 N–H and O–H groups in total. The molecule has 0 aromatic heterocycles. The number of rotatable bonds is 6. The molecule has 1 nitrogen and oxygen atoms in total. The molecule has 0 amide bonds. The molecular formula is C12H23N. The molecule has 0 unspecified atom stereocenters. The molecule has 76 valence electrons. The third-order valence-electron chi connectivity index (χ3n) is 2.85. The minimum Gasteiger partial charge on any atom is -0.309 e. The standard InChI is InChI=1S/C12H23N/c1-6-7-8-9-11(13)12(4,5)10(2)3/h13H,2,6-9H2,1,3-5H3. The Hall–Kier alpha value is -0.590. The Morgan fingerprint density at radius 2 is 1.85 bits per heavy atom. The van der Waals surface area contributed by atoms with Gasteiger partial charge in [-0.25, -0.2) is 0 Å². The highest BCUT2D eigenvalue weighted by atomic mass is 14.5. The first-order chi connectivity index (χ1) is 5.92. The SMILES string of the molecule is C=C(C)C(C)(C)C(=N)CCCCC. The van der Waals surface area contributed by atoms with Crippen LogP contribution in [0.3, 0.4) is 0 Å². The Kier molecular flexibility index (Phi) is 4.97. The molecule has 0 aliphatic heterocycles. The van der Waals surface area contributed by atoms with E-state index >= 15 is 0 Å². The highest BCUT2D eigenvalue weighted by molar-refractivity contribution is 5.89. The van der Waals surface area contributed by atoms with Crippen molar-refractivity contribution in [2.45, 2.75) is 53.4 Å². The topological polar surface area (TPSA) is 23.9 Å². The Labute approximate surface area is 82.7 Å². The molecule has 0 bridgehead atoms. The summed E-state index contributed by atoms with van der Waals surface area (Å²) in [5.74, 6) is 0. The van der Waals surface area contributed by atoms with E-state index in [2.05, 4.69) is 27.4 Å². The van der Waals surface area contributed by atoms with Crippen LogP contribution in [-0.2, 0) is 0 Å². The Morgan fingerprint density at radius 3 is 2.23 bits per heavy atom. The lowest BCUT2D eigenvalue weighted by Crippen LogP contribution is -2.24. The van der Waals surface area contributed by atoms with Gasteiger partial charge in [0.1, 0.15) is 0 Å². The highest BCUT2D eigenvalue weighted by Gasteiger charge is 2.23. The van der Waals surface area contributed by atoms with E-state index in [4.69, 9.17) is 5.41 Å². The number of allylic oxidation sites excluding steroid dienone is 1. The van der Waals surface area contributed by atoms with E-state index in [9.17, 15) is 0 Å². The third-order valence-corrected chi connectivity index (χ3v) is 2.85. The van der Waals surface area contributed by atoms with Gasteiger partial charge in [0, 0.05) is 11.1 Å². The molecule has 0 rings (SSSR count). The summed E-state index contributed by atoms with van der Waals surface area (Å²) in [5, 5.41) is 7.94. The van der Waals surface area contributed by atoms with E-state index in [1.165, 1.54) is 12.8 Å². The fraction of sp³-hybridized carbons (Fsp3) is 0.750. The van der Waals surface area contributed by atoms with Gasteiger partial charge in [0.2, 0.25) is 0 Å². The van der Waals surface area contributed by atoms with E-state index in [0.717, 1.165) is 24.1 Å². The normalized spacial score (nSPS) is 11.4. The smallest absolute Gasteiger partial charge is 0.0226 e. The van der Waals surface area contributed by atoms with E-state index in [1.54, 1.807) is 0 Å². The molecule has 0 radical (unpaired) electrons. The first-order valence-electron chi connectivity index (χ1n) is 5.16. The molecule has 0 spiro atoms. The largest absolute Gasteiger partial charge is 0.309 e.